The van der Waals surface area contributed by atoms with Crippen molar-refractivity contribution in [3.05, 3.63) is 34.1 Å². The summed E-state index contributed by atoms with van der Waals surface area (Å²) >= 11 is 4.15. The minimum absolute atomic E-state index is 0.00319. The number of halogens is 1. The summed E-state index contributed by atoms with van der Waals surface area (Å²) in [7, 11) is 0. The maximum absolute atomic E-state index is 13.1. The first-order chi connectivity index (χ1) is 7.99. The molecule has 1 aromatic carbocycles. The van der Waals surface area contributed by atoms with Crippen molar-refractivity contribution >= 4 is 29.9 Å². The van der Waals surface area contributed by atoms with Crippen molar-refractivity contribution in [2.75, 3.05) is 11.4 Å². The Morgan fingerprint density at radius 1 is 1.53 bits per heavy atom. The highest BCUT2D eigenvalue weighted by molar-refractivity contribution is 7.81. The van der Waals surface area contributed by atoms with Crippen LogP contribution in [-0.2, 0) is 4.79 Å². The molecule has 0 aliphatic carbocycles. The van der Waals surface area contributed by atoms with Gasteiger partial charge in [-0.2, -0.15) is 12.6 Å². The fraction of sp³-hybridized carbons (Fsp3) is 0.300. The van der Waals surface area contributed by atoms with Gasteiger partial charge in [-0.25, -0.2) is 4.39 Å². The number of benzene rings is 1. The molecule has 1 amide bonds. The molecule has 90 valence electrons. The predicted molar refractivity (Wildman–Crippen MR) is 62.8 cm³/mol. The highest BCUT2D eigenvalue weighted by Gasteiger charge is 2.32. The summed E-state index contributed by atoms with van der Waals surface area (Å²) in [4.78, 5) is 23.0. The number of hydrogen-bond donors (Lipinski definition) is 1. The SMILES string of the molecule is O=C1CC(S)CN1c1cc(F)ccc1[N+](=O)[O-]. The lowest BCUT2D eigenvalue weighted by atomic mass is 10.2. The number of nitro groups is 1. The van der Waals surface area contributed by atoms with Crippen LogP contribution in [0.4, 0.5) is 15.8 Å². The normalized spacial score (nSPS) is 19.8. The van der Waals surface area contributed by atoms with Gasteiger partial charge in [0, 0.05) is 30.3 Å². The van der Waals surface area contributed by atoms with Crippen LogP contribution in [-0.4, -0.2) is 22.6 Å². The van der Waals surface area contributed by atoms with E-state index in [9.17, 15) is 19.3 Å². The lowest BCUT2D eigenvalue weighted by molar-refractivity contribution is -0.384. The first kappa shape index (κ1) is 11.8. The Kier molecular flexibility index (Phi) is 3.01. The number of carbonyl (C=O) groups excluding carboxylic acids is 1. The van der Waals surface area contributed by atoms with Crippen LogP contribution in [0.2, 0.25) is 0 Å². The molecule has 2 rings (SSSR count). The van der Waals surface area contributed by atoms with Crippen molar-refractivity contribution in [1.29, 1.82) is 0 Å². The van der Waals surface area contributed by atoms with Gasteiger partial charge in [0.25, 0.3) is 5.69 Å². The van der Waals surface area contributed by atoms with E-state index in [4.69, 9.17) is 0 Å². The highest BCUT2D eigenvalue weighted by atomic mass is 32.1. The van der Waals surface area contributed by atoms with Crippen molar-refractivity contribution in [3.63, 3.8) is 0 Å². The molecule has 0 radical (unpaired) electrons. The Bertz CT molecular complexity index is 494. The van der Waals surface area contributed by atoms with Crippen LogP contribution in [0.25, 0.3) is 0 Å². The Hall–Kier alpha value is -1.63. The second-order valence-corrected chi connectivity index (χ2v) is 4.48. The topological polar surface area (TPSA) is 63.5 Å². The highest BCUT2D eigenvalue weighted by Crippen LogP contribution is 2.32. The predicted octanol–water partition coefficient (Wildman–Crippen LogP) is 1.77. The molecule has 5 nitrogen and oxygen atoms in total. The van der Waals surface area contributed by atoms with E-state index in [0.717, 1.165) is 18.2 Å². The van der Waals surface area contributed by atoms with E-state index in [1.54, 1.807) is 0 Å². The second kappa shape index (κ2) is 4.33. The van der Waals surface area contributed by atoms with Crippen LogP contribution in [0, 0.1) is 15.9 Å². The molecular formula is C10H9FN2O3S. The minimum atomic E-state index is -0.631. The number of nitrogens with zero attached hydrogens (tertiary/aromatic N) is 2. The molecule has 0 aromatic heterocycles. The molecule has 0 spiro atoms. The van der Waals surface area contributed by atoms with E-state index in [-0.39, 0.29) is 35.5 Å². The molecule has 7 heteroatoms. The maximum atomic E-state index is 13.1. The van der Waals surface area contributed by atoms with E-state index >= 15 is 0 Å². The van der Waals surface area contributed by atoms with Crippen LogP contribution in [0.3, 0.4) is 0 Å². The molecule has 1 aliphatic heterocycles. The first-order valence-electron chi connectivity index (χ1n) is 4.91. The molecule has 1 heterocycles. The molecular weight excluding hydrogens is 247 g/mol. The Morgan fingerprint density at radius 3 is 2.76 bits per heavy atom. The van der Waals surface area contributed by atoms with E-state index < -0.39 is 10.7 Å². The number of amides is 1. The van der Waals surface area contributed by atoms with E-state index in [2.05, 4.69) is 12.6 Å². The van der Waals surface area contributed by atoms with Crippen molar-refractivity contribution in [3.8, 4) is 0 Å². The smallest absolute Gasteiger partial charge is 0.293 e. The summed E-state index contributed by atoms with van der Waals surface area (Å²) in [6.07, 6.45) is 0.205. The molecule has 1 saturated heterocycles. The molecule has 1 unspecified atom stereocenters. The summed E-state index contributed by atoms with van der Waals surface area (Å²) < 4.78 is 13.1. The van der Waals surface area contributed by atoms with Gasteiger partial charge in [-0.15, -0.1) is 0 Å². The van der Waals surface area contributed by atoms with Gasteiger partial charge in [0.1, 0.15) is 11.5 Å². The van der Waals surface area contributed by atoms with Crippen LogP contribution in [0.15, 0.2) is 18.2 Å². The van der Waals surface area contributed by atoms with Gasteiger partial charge < -0.3 is 4.90 Å². The number of carbonyl (C=O) groups is 1. The third-order valence-corrected chi connectivity index (χ3v) is 2.88. The molecule has 0 N–H and O–H groups in total. The van der Waals surface area contributed by atoms with Gasteiger partial charge in [-0.05, 0) is 6.07 Å². The summed E-state index contributed by atoms with van der Waals surface area (Å²) in [5.41, 5.74) is -0.279. The maximum Gasteiger partial charge on any atom is 0.293 e. The van der Waals surface area contributed by atoms with Gasteiger partial charge in [-0.3, -0.25) is 14.9 Å². The second-order valence-electron chi connectivity index (χ2n) is 3.75. The summed E-state index contributed by atoms with van der Waals surface area (Å²) in [5.74, 6) is -0.889. The number of anilines is 1. The van der Waals surface area contributed by atoms with Gasteiger partial charge in [0.15, 0.2) is 0 Å². The molecule has 0 saturated carbocycles. The van der Waals surface area contributed by atoms with Crippen LogP contribution < -0.4 is 4.90 Å². The van der Waals surface area contributed by atoms with Crippen LogP contribution in [0.1, 0.15) is 6.42 Å². The number of thiol groups is 1. The third kappa shape index (κ3) is 2.23. The standard InChI is InChI=1S/C10H9FN2O3S/c11-6-1-2-8(13(15)16)9(3-6)12-5-7(17)4-10(12)14/h1-3,7,17H,4-5H2. The fourth-order valence-corrected chi connectivity index (χ4v) is 2.11. The van der Waals surface area contributed by atoms with Crippen molar-refractivity contribution in [2.24, 2.45) is 0 Å². The monoisotopic (exact) mass is 256 g/mol. The van der Waals surface area contributed by atoms with Crippen molar-refractivity contribution in [2.45, 2.75) is 11.7 Å². The number of rotatable bonds is 2. The van der Waals surface area contributed by atoms with Crippen LogP contribution >= 0.6 is 12.6 Å². The molecule has 1 atom stereocenters. The average molecular weight is 256 g/mol. The van der Waals surface area contributed by atoms with Gasteiger partial charge in [0.2, 0.25) is 5.91 Å². The molecule has 1 aliphatic rings. The molecule has 1 aromatic rings. The van der Waals surface area contributed by atoms with E-state index in [1.807, 2.05) is 0 Å². The quantitative estimate of drug-likeness (QED) is 0.498. The summed E-state index contributed by atoms with van der Waals surface area (Å²) in [6, 6.07) is 3.06. The van der Waals surface area contributed by atoms with Crippen molar-refractivity contribution < 1.29 is 14.1 Å². The summed E-state index contributed by atoms with van der Waals surface area (Å²) in [5, 5.41) is 10.6. The third-order valence-electron chi connectivity index (χ3n) is 2.53. The zero-order valence-corrected chi connectivity index (χ0v) is 9.56. The minimum Gasteiger partial charge on any atom is -0.305 e. The Morgan fingerprint density at radius 2 is 2.24 bits per heavy atom. The summed E-state index contributed by atoms with van der Waals surface area (Å²) in [6.45, 7) is 0.256. The first-order valence-corrected chi connectivity index (χ1v) is 5.43. The zero-order chi connectivity index (χ0) is 12.6. The van der Waals surface area contributed by atoms with Gasteiger partial charge in [-0.1, -0.05) is 0 Å². The molecule has 0 bridgehead atoms. The number of nitro benzene ring substituents is 1. The Balaban J connectivity index is 2.46. The van der Waals surface area contributed by atoms with Crippen molar-refractivity contribution in [1.82, 2.24) is 0 Å². The lowest BCUT2D eigenvalue weighted by Gasteiger charge is -2.15. The van der Waals surface area contributed by atoms with Gasteiger partial charge in [0.05, 0.1) is 4.92 Å². The largest absolute Gasteiger partial charge is 0.305 e. The molecule has 1 fully saturated rings. The molecule has 17 heavy (non-hydrogen) atoms. The van der Waals surface area contributed by atoms with E-state index in [0.29, 0.717) is 0 Å². The fourth-order valence-electron chi connectivity index (χ4n) is 1.79. The average Bonchev–Trinajstić information content (AvgIpc) is 2.57. The Labute approximate surface area is 102 Å². The van der Waals surface area contributed by atoms with Gasteiger partial charge >= 0.3 is 0 Å². The zero-order valence-electron chi connectivity index (χ0n) is 8.67. The van der Waals surface area contributed by atoms with Crippen LogP contribution in [0.5, 0.6) is 0 Å². The lowest BCUT2D eigenvalue weighted by Crippen LogP contribution is -2.25. The number of hydrogen-bond acceptors (Lipinski definition) is 4. The van der Waals surface area contributed by atoms with E-state index in [1.165, 1.54) is 4.90 Å².